The summed E-state index contributed by atoms with van der Waals surface area (Å²) in [5.41, 5.74) is 3.07. The van der Waals surface area contributed by atoms with Crippen LogP contribution in [0.25, 0.3) is 0 Å². The Bertz CT molecular complexity index is 456. The number of carbonyl (C=O) groups excluding carboxylic acids is 1. The van der Waals surface area contributed by atoms with Gasteiger partial charge in [-0.05, 0) is 44.9 Å². The second-order valence-corrected chi connectivity index (χ2v) is 5.48. The Labute approximate surface area is 115 Å². The normalized spacial score (nSPS) is 20.5. The molecule has 3 nitrogen and oxygen atoms in total. The van der Waals surface area contributed by atoms with Crippen molar-refractivity contribution in [2.75, 3.05) is 26.7 Å². The molecule has 1 heterocycles. The SMILES string of the molecule is COC1CCCN(CC(=O)c2cc(C)ccc2C)C1. The highest BCUT2D eigenvalue weighted by molar-refractivity contribution is 5.99. The van der Waals surface area contributed by atoms with Crippen LogP contribution in [0.4, 0.5) is 0 Å². The molecular formula is C16H23NO2. The average molecular weight is 261 g/mol. The molecule has 3 heteroatoms. The van der Waals surface area contributed by atoms with Gasteiger partial charge in [-0.3, -0.25) is 9.69 Å². The van der Waals surface area contributed by atoms with Crippen molar-refractivity contribution in [3.63, 3.8) is 0 Å². The van der Waals surface area contributed by atoms with Crippen molar-refractivity contribution < 1.29 is 9.53 Å². The molecule has 0 aromatic heterocycles. The lowest BCUT2D eigenvalue weighted by atomic mass is 10.0. The number of nitrogens with zero attached hydrogens (tertiary/aromatic N) is 1. The zero-order valence-electron chi connectivity index (χ0n) is 12.1. The van der Waals surface area contributed by atoms with E-state index >= 15 is 0 Å². The second kappa shape index (κ2) is 6.31. The van der Waals surface area contributed by atoms with Gasteiger partial charge in [-0.25, -0.2) is 0 Å². The van der Waals surface area contributed by atoms with Crippen LogP contribution in [0.15, 0.2) is 18.2 Å². The molecule has 1 atom stereocenters. The highest BCUT2D eigenvalue weighted by Gasteiger charge is 2.22. The van der Waals surface area contributed by atoms with Gasteiger partial charge >= 0.3 is 0 Å². The summed E-state index contributed by atoms with van der Waals surface area (Å²) < 4.78 is 5.40. The van der Waals surface area contributed by atoms with E-state index in [1.165, 1.54) is 0 Å². The van der Waals surface area contributed by atoms with E-state index < -0.39 is 0 Å². The van der Waals surface area contributed by atoms with Gasteiger partial charge in [-0.2, -0.15) is 0 Å². The van der Waals surface area contributed by atoms with E-state index in [2.05, 4.69) is 4.90 Å². The van der Waals surface area contributed by atoms with Crippen LogP contribution in [-0.4, -0.2) is 43.5 Å². The molecule has 2 rings (SSSR count). The van der Waals surface area contributed by atoms with Gasteiger partial charge in [0.15, 0.2) is 5.78 Å². The van der Waals surface area contributed by atoms with Crippen LogP contribution < -0.4 is 0 Å². The van der Waals surface area contributed by atoms with E-state index in [9.17, 15) is 4.79 Å². The van der Waals surface area contributed by atoms with Crippen LogP contribution in [0.3, 0.4) is 0 Å². The molecule has 1 aromatic carbocycles. The van der Waals surface area contributed by atoms with Crippen LogP contribution in [0, 0.1) is 13.8 Å². The minimum Gasteiger partial charge on any atom is -0.380 e. The number of benzene rings is 1. The Morgan fingerprint density at radius 1 is 1.42 bits per heavy atom. The largest absolute Gasteiger partial charge is 0.380 e. The Hall–Kier alpha value is -1.19. The first-order valence-electron chi connectivity index (χ1n) is 6.95. The van der Waals surface area contributed by atoms with E-state index in [-0.39, 0.29) is 11.9 Å². The third kappa shape index (κ3) is 3.64. The lowest BCUT2D eigenvalue weighted by Gasteiger charge is -2.31. The maximum Gasteiger partial charge on any atom is 0.177 e. The Kier molecular flexibility index (Phi) is 4.72. The topological polar surface area (TPSA) is 29.5 Å². The molecule has 19 heavy (non-hydrogen) atoms. The van der Waals surface area contributed by atoms with Gasteiger partial charge in [0.05, 0.1) is 12.6 Å². The number of hydrogen-bond donors (Lipinski definition) is 0. The van der Waals surface area contributed by atoms with Crippen molar-refractivity contribution in [2.45, 2.75) is 32.8 Å². The molecule has 1 saturated heterocycles. The number of methoxy groups -OCH3 is 1. The predicted molar refractivity (Wildman–Crippen MR) is 76.7 cm³/mol. The fraction of sp³-hybridized carbons (Fsp3) is 0.562. The molecule has 1 aliphatic heterocycles. The Balaban J connectivity index is 2.02. The van der Waals surface area contributed by atoms with Crippen LogP contribution in [0.1, 0.15) is 34.3 Å². The van der Waals surface area contributed by atoms with E-state index in [0.717, 1.165) is 42.6 Å². The molecule has 1 fully saturated rings. The number of carbonyl (C=O) groups is 1. The third-order valence-corrected chi connectivity index (χ3v) is 3.86. The van der Waals surface area contributed by atoms with Crippen LogP contribution in [-0.2, 0) is 4.74 Å². The summed E-state index contributed by atoms with van der Waals surface area (Å²) in [6.07, 6.45) is 2.49. The number of aryl methyl sites for hydroxylation is 2. The molecule has 0 N–H and O–H groups in total. The minimum atomic E-state index is 0.220. The van der Waals surface area contributed by atoms with Gasteiger partial charge in [0.1, 0.15) is 0 Å². The molecule has 0 radical (unpaired) electrons. The number of rotatable bonds is 4. The van der Waals surface area contributed by atoms with E-state index in [1.54, 1.807) is 7.11 Å². The highest BCUT2D eigenvalue weighted by Crippen LogP contribution is 2.15. The van der Waals surface area contributed by atoms with Gasteiger partial charge in [-0.15, -0.1) is 0 Å². The highest BCUT2D eigenvalue weighted by atomic mass is 16.5. The van der Waals surface area contributed by atoms with Gasteiger partial charge in [0.25, 0.3) is 0 Å². The molecule has 0 saturated carbocycles. The Morgan fingerprint density at radius 2 is 2.21 bits per heavy atom. The summed E-state index contributed by atoms with van der Waals surface area (Å²) in [5.74, 6) is 0.220. The number of likely N-dealkylation sites (tertiary alicyclic amines) is 1. The van der Waals surface area contributed by atoms with Crippen molar-refractivity contribution in [1.29, 1.82) is 0 Å². The molecule has 0 amide bonds. The van der Waals surface area contributed by atoms with Crippen LogP contribution in [0.5, 0.6) is 0 Å². The number of hydrogen-bond acceptors (Lipinski definition) is 3. The molecule has 1 aliphatic rings. The first kappa shape index (κ1) is 14.2. The molecular weight excluding hydrogens is 238 g/mol. The smallest absolute Gasteiger partial charge is 0.177 e. The molecule has 0 spiro atoms. The average Bonchev–Trinajstić information content (AvgIpc) is 2.41. The monoisotopic (exact) mass is 261 g/mol. The summed E-state index contributed by atoms with van der Waals surface area (Å²) >= 11 is 0. The number of Topliss-reactive ketones (excluding diaryl/α,β-unsaturated/α-hetero) is 1. The van der Waals surface area contributed by atoms with Crippen molar-refractivity contribution in [1.82, 2.24) is 4.90 Å². The lowest BCUT2D eigenvalue weighted by molar-refractivity contribution is 0.0314. The molecule has 0 bridgehead atoms. The quantitative estimate of drug-likeness (QED) is 0.780. The van der Waals surface area contributed by atoms with Crippen LogP contribution >= 0.6 is 0 Å². The lowest BCUT2D eigenvalue weighted by Crippen LogP contribution is -2.41. The molecule has 104 valence electrons. The zero-order chi connectivity index (χ0) is 13.8. The summed E-state index contributed by atoms with van der Waals surface area (Å²) in [4.78, 5) is 14.6. The fourth-order valence-electron chi connectivity index (χ4n) is 2.67. The molecule has 1 aromatic rings. The van der Waals surface area contributed by atoms with Gasteiger partial charge in [-0.1, -0.05) is 17.7 Å². The van der Waals surface area contributed by atoms with E-state index in [0.29, 0.717) is 6.54 Å². The Morgan fingerprint density at radius 3 is 2.95 bits per heavy atom. The summed E-state index contributed by atoms with van der Waals surface area (Å²) in [6.45, 7) is 6.40. The minimum absolute atomic E-state index is 0.220. The third-order valence-electron chi connectivity index (χ3n) is 3.86. The van der Waals surface area contributed by atoms with Crippen molar-refractivity contribution in [3.05, 3.63) is 34.9 Å². The second-order valence-electron chi connectivity index (χ2n) is 5.48. The first-order valence-corrected chi connectivity index (χ1v) is 6.95. The number of ether oxygens (including phenoxy) is 1. The van der Waals surface area contributed by atoms with Gasteiger partial charge in [0, 0.05) is 19.2 Å². The fourth-order valence-corrected chi connectivity index (χ4v) is 2.67. The first-order chi connectivity index (χ1) is 9.10. The molecule has 1 unspecified atom stereocenters. The van der Waals surface area contributed by atoms with E-state index in [1.807, 2.05) is 32.0 Å². The van der Waals surface area contributed by atoms with Gasteiger partial charge < -0.3 is 4.74 Å². The van der Waals surface area contributed by atoms with Crippen molar-refractivity contribution >= 4 is 5.78 Å². The number of piperidine rings is 1. The maximum atomic E-state index is 12.4. The standard InChI is InChI=1S/C16H23NO2/c1-12-6-7-13(2)15(9-12)16(18)11-17-8-4-5-14(10-17)19-3/h6-7,9,14H,4-5,8,10-11H2,1-3H3. The van der Waals surface area contributed by atoms with Gasteiger partial charge in [0.2, 0.25) is 0 Å². The summed E-state index contributed by atoms with van der Waals surface area (Å²) in [6, 6.07) is 6.07. The van der Waals surface area contributed by atoms with Crippen molar-refractivity contribution in [3.8, 4) is 0 Å². The number of ketones is 1. The van der Waals surface area contributed by atoms with E-state index in [4.69, 9.17) is 4.74 Å². The van der Waals surface area contributed by atoms with Crippen LogP contribution in [0.2, 0.25) is 0 Å². The predicted octanol–water partition coefficient (Wildman–Crippen LogP) is 2.60. The molecule has 0 aliphatic carbocycles. The van der Waals surface area contributed by atoms with Crippen molar-refractivity contribution in [2.24, 2.45) is 0 Å². The zero-order valence-corrected chi connectivity index (χ0v) is 12.1. The summed E-state index contributed by atoms with van der Waals surface area (Å²) in [5, 5.41) is 0. The summed E-state index contributed by atoms with van der Waals surface area (Å²) in [7, 11) is 1.75. The maximum absolute atomic E-state index is 12.4.